The molecule has 0 atom stereocenters. The van der Waals surface area contributed by atoms with Gasteiger partial charge in [0.25, 0.3) is 5.69 Å². The maximum Gasteiger partial charge on any atom is 0.269 e. The summed E-state index contributed by atoms with van der Waals surface area (Å²) >= 11 is 7.25. The van der Waals surface area contributed by atoms with Crippen LogP contribution in [0.25, 0.3) is 0 Å². The van der Waals surface area contributed by atoms with E-state index in [1.807, 2.05) is 0 Å². The van der Waals surface area contributed by atoms with E-state index in [2.05, 4.69) is 9.97 Å². The molecule has 6 nitrogen and oxygen atoms in total. The Morgan fingerprint density at radius 1 is 1.40 bits per heavy atom. The Bertz CT molecular complexity index is 646. The Hall–Kier alpha value is -1.86. The summed E-state index contributed by atoms with van der Waals surface area (Å²) in [5.41, 5.74) is 1.25. The summed E-state index contributed by atoms with van der Waals surface area (Å²) in [7, 11) is 0. The largest absolute Gasteiger partial charge is 0.493 e. The first-order chi connectivity index (χ1) is 9.45. The maximum absolute atomic E-state index is 10.7. The molecule has 1 heterocycles. The number of aryl methyl sites for hydroxylation is 1. The molecule has 2 aromatic rings. The zero-order valence-electron chi connectivity index (χ0n) is 10.4. The van der Waals surface area contributed by atoms with Crippen molar-refractivity contribution in [1.29, 1.82) is 0 Å². The van der Waals surface area contributed by atoms with Crippen LogP contribution in [0.3, 0.4) is 0 Å². The number of thioether (sulfide) groups is 1. The number of nitrogens with zero attached hydrogens (tertiary/aromatic N) is 3. The Morgan fingerprint density at radius 2 is 2.15 bits per heavy atom. The van der Waals surface area contributed by atoms with E-state index in [1.54, 1.807) is 6.92 Å². The van der Waals surface area contributed by atoms with Gasteiger partial charge in [0.1, 0.15) is 0 Å². The number of hydrogen-bond donors (Lipinski definition) is 1. The number of hydrogen-bond acceptors (Lipinski definition) is 6. The van der Waals surface area contributed by atoms with Crippen LogP contribution in [0.2, 0.25) is 5.02 Å². The second-order valence-corrected chi connectivity index (χ2v) is 5.32. The molecule has 0 spiro atoms. The number of halogens is 1. The van der Waals surface area contributed by atoms with Crippen LogP contribution < -0.4 is 0 Å². The highest BCUT2D eigenvalue weighted by Gasteiger charge is 2.11. The number of aromatic nitrogens is 2. The molecule has 8 heteroatoms. The van der Waals surface area contributed by atoms with Crippen LogP contribution in [0.15, 0.2) is 29.4 Å². The van der Waals surface area contributed by atoms with Crippen LogP contribution in [0.5, 0.6) is 5.88 Å². The number of non-ortho nitro benzene ring substituents is 1. The van der Waals surface area contributed by atoms with Gasteiger partial charge in [0.05, 0.1) is 4.92 Å². The molecule has 0 aliphatic heterocycles. The normalized spacial score (nSPS) is 10.5. The fourth-order valence-electron chi connectivity index (χ4n) is 1.52. The van der Waals surface area contributed by atoms with Gasteiger partial charge in [0, 0.05) is 34.7 Å². The molecule has 0 saturated carbocycles. The second kappa shape index (κ2) is 6.06. The van der Waals surface area contributed by atoms with Crippen molar-refractivity contribution in [2.45, 2.75) is 17.8 Å². The number of rotatable bonds is 4. The van der Waals surface area contributed by atoms with Gasteiger partial charge in [-0.25, -0.2) is 4.98 Å². The summed E-state index contributed by atoms with van der Waals surface area (Å²) in [5, 5.41) is 20.9. The Morgan fingerprint density at radius 3 is 2.80 bits per heavy atom. The molecule has 2 rings (SSSR count). The predicted molar refractivity (Wildman–Crippen MR) is 76.1 cm³/mol. The third-order valence-electron chi connectivity index (χ3n) is 2.42. The molecule has 104 valence electrons. The third-order valence-corrected chi connectivity index (χ3v) is 3.68. The van der Waals surface area contributed by atoms with Crippen molar-refractivity contribution in [2.75, 3.05) is 0 Å². The minimum Gasteiger partial charge on any atom is -0.493 e. The molecule has 0 bridgehead atoms. The van der Waals surface area contributed by atoms with Crippen molar-refractivity contribution in [3.8, 4) is 5.88 Å². The summed E-state index contributed by atoms with van der Waals surface area (Å²) in [6, 6.07) is 5.71. The van der Waals surface area contributed by atoms with Gasteiger partial charge in [0.15, 0.2) is 5.16 Å². The maximum atomic E-state index is 10.7. The van der Waals surface area contributed by atoms with E-state index in [0.29, 0.717) is 27.2 Å². The molecule has 20 heavy (non-hydrogen) atoms. The molecule has 0 saturated heterocycles. The summed E-state index contributed by atoms with van der Waals surface area (Å²) in [6.45, 7) is 1.74. The van der Waals surface area contributed by atoms with Gasteiger partial charge in [-0.1, -0.05) is 23.4 Å². The van der Waals surface area contributed by atoms with E-state index in [-0.39, 0.29) is 11.6 Å². The van der Waals surface area contributed by atoms with E-state index in [4.69, 9.17) is 11.6 Å². The van der Waals surface area contributed by atoms with Gasteiger partial charge < -0.3 is 5.11 Å². The van der Waals surface area contributed by atoms with Crippen LogP contribution in [0, 0.1) is 17.0 Å². The van der Waals surface area contributed by atoms with E-state index in [0.717, 1.165) is 0 Å². The summed E-state index contributed by atoms with van der Waals surface area (Å²) in [5.74, 6) is 0.272. The molecule has 1 aromatic carbocycles. The van der Waals surface area contributed by atoms with Crippen LogP contribution in [0.1, 0.15) is 11.3 Å². The van der Waals surface area contributed by atoms with Gasteiger partial charge in [-0.15, -0.1) is 0 Å². The highest BCUT2D eigenvalue weighted by atomic mass is 35.5. The number of nitro benzene ring substituents is 1. The van der Waals surface area contributed by atoms with E-state index in [9.17, 15) is 15.2 Å². The van der Waals surface area contributed by atoms with Crippen LogP contribution in [-0.4, -0.2) is 20.0 Å². The lowest BCUT2D eigenvalue weighted by molar-refractivity contribution is -0.384. The van der Waals surface area contributed by atoms with Crippen molar-refractivity contribution < 1.29 is 10.0 Å². The average Bonchev–Trinajstić information content (AvgIpc) is 2.36. The van der Waals surface area contributed by atoms with Crippen LogP contribution >= 0.6 is 23.4 Å². The van der Waals surface area contributed by atoms with Crippen LogP contribution in [-0.2, 0) is 5.75 Å². The Kier molecular flexibility index (Phi) is 4.41. The van der Waals surface area contributed by atoms with Crippen molar-refractivity contribution in [3.05, 3.63) is 50.7 Å². The summed E-state index contributed by atoms with van der Waals surface area (Å²) in [4.78, 5) is 18.3. The minimum absolute atomic E-state index is 0.0157. The van der Waals surface area contributed by atoms with Gasteiger partial charge in [0.2, 0.25) is 5.88 Å². The first-order valence-electron chi connectivity index (χ1n) is 5.56. The lowest BCUT2D eigenvalue weighted by Gasteiger charge is -2.04. The van der Waals surface area contributed by atoms with E-state index in [1.165, 1.54) is 36.0 Å². The van der Waals surface area contributed by atoms with Crippen molar-refractivity contribution >= 4 is 29.1 Å². The van der Waals surface area contributed by atoms with Gasteiger partial charge in [-0.2, -0.15) is 4.98 Å². The number of aromatic hydroxyl groups is 1. The van der Waals surface area contributed by atoms with E-state index >= 15 is 0 Å². The van der Waals surface area contributed by atoms with Crippen molar-refractivity contribution in [3.63, 3.8) is 0 Å². The molecular weight excluding hydrogens is 302 g/mol. The monoisotopic (exact) mass is 311 g/mol. The van der Waals surface area contributed by atoms with Crippen molar-refractivity contribution in [1.82, 2.24) is 9.97 Å². The smallest absolute Gasteiger partial charge is 0.269 e. The molecule has 0 unspecified atom stereocenters. The third kappa shape index (κ3) is 3.58. The first-order valence-corrected chi connectivity index (χ1v) is 6.92. The Labute approximate surface area is 124 Å². The summed E-state index contributed by atoms with van der Waals surface area (Å²) < 4.78 is 0. The minimum atomic E-state index is -0.473. The quantitative estimate of drug-likeness (QED) is 0.403. The predicted octanol–water partition coefficient (Wildman–Crippen LogP) is 3.34. The van der Waals surface area contributed by atoms with Gasteiger partial charge in [-0.3, -0.25) is 10.1 Å². The van der Waals surface area contributed by atoms with Crippen LogP contribution in [0.4, 0.5) is 5.69 Å². The standard InChI is InChI=1S/C12H10ClN3O3S/c1-7-4-11(17)15-12(14-7)20-6-8-5-9(16(18)19)2-3-10(8)13/h2-5H,6H2,1H3,(H,14,15,17). The molecular formula is C12H10ClN3O3S. The molecule has 0 aliphatic carbocycles. The number of nitro groups is 1. The van der Waals surface area contributed by atoms with Gasteiger partial charge >= 0.3 is 0 Å². The highest BCUT2D eigenvalue weighted by Crippen LogP contribution is 2.28. The first kappa shape index (κ1) is 14.5. The molecule has 0 aliphatic rings. The van der Waals surface area contributed by atoms with Gasteiger partial charge in [-0.05, 0) is 18.6 Å². The SMILES string of the molecule is Cc1cc(O)nc(SCc2cc([N+](=O)[O-])ccc2Cl)n1. The zero-order chi connectivity index (χ0) is 14.7. The second-order valence-electron chi connectivity index (χ2n) is 3.97. The zero-order valence-corrected chi connectivity index (χ0v) is 12.0. The van der Waals surface area contributed by atoms with E-state index < -0.39 is 4.92 Å². The van der Waals surface area contributed by atoms with Crippen molar-refractivity contribution in [2.24, 2.45) is 0 Å². The highest BCUT2D eigenvalue weighted by molar-refractivity contribution is 7.98. The molecule has 0 radical (unpaired) electrons. The fraction of sp³-hybridized carbons (Fsp3) is 0.167. The topological polar surface area (TPSA) is 89.2 Å². The Balaban J connectivity index is 2.18. The summed E-state index contributed by atoms with van der Waals surface area (Å²) in [6.07, 6.45) is 0. The fourth-order valence-corrected chi connectivity index (χ4v) is 2.67. The lowest BCUT2D eigenvalue weighted by atomic mass is 10.2. The average molecular weight is 312 g/mol. The number of benzene rings is 1. The molecule has 0 fully saturated rings. The molecule has 0 amide bonds. The molecule has 1 aromatic heterocycles. The lowest BCUT2D eigenvalue weighted by Crippen LogP contribution is -1.93. The molecule has 1 N–H and O–H groups in total.